The van der Waals surface area contributed by atoms with E-state index in [9.17, 15) is 9.59 Å². The van der Waals surface area contributed by atoms with Gasteiger partial charge in [0.15, 0.2) is 0 Å². The quantitative estimate of drug-likeness (QED) is 0.574. The maximum absolute atomic E-state index is 14.1. The Bertz CT molecular complexity index is 1340. The molecule has 35 heavy (non-hydrogen) atoms. The molecule has 1 N–H and O–H groups in total. The summed E-state index contributed by atoms with van der Waals surface area (Å²) < 4.78 is 1.56. The average Bonchev–Trinajstić information content (AvgIpc) is 3.72. The number of carbonyl (C=O) groups is 1. The van der Waals surface area contributed by atoms with Crippen LogP contribution in [0.2, 0.25) is 0 Å². The number of nitrogens with zero attached hydrogens (tertiary/aromatic N) is 4. The lowest BCUT2D eigenvalue weighted by molar-refractivity contribution is -0.138. The van der Waals surface area contributed by atoms with Crippen LogP contribution in [0.15, 0.2) is 53.6 Å². The highest BCUT2D eigenvalue weighted by Gasteiger charge is 2.40. The predicted molar refractivity (Wildman–Crippen MR) is 135 cm³/mol. The van der Waals surface area contributed by atoms with Crippen molar-refractivity contribution in [3.05, 3.63) is 75.8 Å². The van der Waals surface area contributed by atoms with E-state index in [-0.39, 0.29) is 29.3 Å². The van der Waals surface area contributed by atoms with Crippen LogP contribution >= 0.6 is 0 Å². The number of hydrogen-bond donors (Lipinski definition) is 1. The number of nitrogens with one attached hydrogen (secondary N) is 1. The summed E-state index contributed by atoms with van der Waals surface area (Å²) in [6.45, 7) is 1.96. The lowest BCUT2D eigenvalue weighted by Crippen LogP contribution is -2.47. The molecule has 0 radical (unpaired) electrons. The zero-order chi connectivity index (χ0) is 24.4. The number of fused-ring (bicyclic) bond motifs is 1. The van der Waals surface area contributed by atoms with Crippen molar-refractivity contribution in [1.29, 1.82) is 5.26 Å². The summed E-state index contributed by atoms with van der Waals surface area (Å²) in [6.07, 6.45) is 7.59. The van der Waals surface area contributed by atoms with E-state index >= 15 is 0 Å². The number of aryl methyl sites for hydroxylation is 2. The molecule has 3 heterocycles. The van der Waals surface area contributed by atoms with Gasteiger partial charge in [0.05, 0.1) is 17.5 Å². The molecule has 1 saturated carbocycles. The van der Waals surface area contributed by atoms with Gasteiger partial charge in [0.25, 0.3) is 5.56 Å². The molecular weight excluding hydrogens is 438 g/mol. The van der Waals surface area contributed by atoms with Crippen molar-refractivity contribution in [1.82, 2.24) is 19.8 Å². The van der Waals surface area contributed by atoms with Gasteiger partial charge in [-0.2, -0.15) is 5.26 Å². The number of amides is 1. The highest BCUT2D eigenvalue weighted by molar-refractivity contribution is 5.84. The Morgan fingerprint density at radius 1 is 1.26 bits per heavy atom. The van der Waals surface area contributed by atoms with Crippen molar-refractivity contribution in [2.24, 2.45) is 13.0 Å². The van der Waals surface area contributed by atoms with Crippen LogP contribution in [0.4, 0.5) is 0 Å². The number of piperidine rings is 1. The first-order valence-electron chi connectivity index (χ1n) is 12.5. The third kappa shape index (κ3) is 4.98. The zero-order valence-electron chi connectivity index (χ0n) is 20.1. The second-order valence-electron chi connectivity index (χ2n) is 9.80. The number of hydrogen-bond acceptors (Lipinski definition) is 5. The molecule has 1 aromatic carbocycles. The molecule has 7 heteroatoms. The summed E-state index contributed by atoms with van der Waals surface area (Å²) in [7, 11) is 1.75. The second kappa shape index (κ2) is 10.0. The van der Waals surface area contributed by atoms with Crippen molar-refractivity contribution in [2.45, 2.75) is 50.6 Å². The van der Waals surface area contributed by atoms with Gasteiger partial charge in [-0.05, 0) is 73.0 Å². The molecule has 1 saturated heterocycles. The van der Waals surface area contributed by atoms with Gasteiger partial charge in [-0.15, -0.1) is 0 Å². The molecule has 180 valence electrons. The first-order chi connectivity index (χ1) is 17.0. The minimum absolute atomic E-state index is 0.0238. The highest BCUT2D eigenvalue weighted by Crippen LogP contribution is 2.36. The molecule has 0 unspecified atom stereocenters. The van der Waals surface area contributed by atoms with Crippen LogP contribution < -0.4 is 10.9 Å². The average molecular weight is 470 g/mol. The van der Waals surface area contributed by atoms with E-state index in [1.807, 2.05) is 23.1 Å². The van der Waals surface area contributed by atoms with Crippen LogP contribution in [-0.2, 0) is 24.8 Å². The van der Waals surface area contributed by atoms with Crippen LogP contribution in [0, 0.1) is 17.2 Å². The molecule has 2 fully saturated rings. The predicted octanol–water partition coefficient (Wildman–Crippen LogP) is 3.27. The molecule has 2 aliphatic rings. The first kappa shape index (κ1) is 23.3. The van der Waals surface area contributed by atoms with Gasteiger partial charge in [-0.25, -0.2) is 0 Å². The molecule has 1 aliphatic heterocycles. The standard InChI is InChI=1S/C28H31N5O2/c1-32-13-9-20(16-26(32)34)24-8-12-30-17-25(24)28(35)33(23-6-7-23)18-22-15-19(4-2-10-29)14-21-5-3-11-31-27(21)22/h3,5,9,11,13-16,23-25,30H,2,4,6-8,12,17-18H2,1H3/t24-,25+/m1/s1. The Hall–Kier alpha value is -3.50. The van der Waals surface area contributed by atoms with Crippen LogP contribution in [0.25, 0.3) is 10.9 Å². The van der Waals surface area contributed by atoms with Gasteiger partial charge in [0.1, 0.15) is 0 Å². The van der Waals surface area contributed by atoms with Crippen molar-refractivity contribution >= 4 is 16.8 Å². The Morgan fingerprint density at radius 2 is 2.11 bits per heavy atom. The summed E-state index contributed by atoms with van der Waals surface area (Å²) in [5.74, 6) is -0.0370. The van der Waals surface area contributed by atoms with Crippen LogP contribution in [-0.4, -0.2) is 39.5 Å². The second-order valence-corrected chi connectivity index (χ2v) is 9.80. The number of benzene rings is 1. The topological polar surface area (TPSA) is 91.0 Å². The van der Waals surface area contributed by atoms with Gasteiger partial charge in [0.2, 0.25) is 5.91 Å². The van der Waals surface area contributed by atoms with Crippen molar-refractivity contribution in [2.75, 3.05) is 13.1 Å². The van der Waals surface area contributed by atoms with Crippen LogP contribution in [0.1, 0.15) is 48.3 Å². The monoisotopic (exact) mass is 469 g/mol. The largest absolute Gasteiger partial charge is 0.335 e. The highest BCUT2D eigenvalue weighted by atomic mass is 16.2. The minimum atomic E-state index is -0.211. The van der Waals surface area contributed by atoms with E-state index in [1.54, 1.807) is 30.1 Å². The molecule has 1 amide bonds. The van der Waals surface area contributed by atoms with Crippen molar-refractivity contribution in [3.8, 4) is 6.07 Å². The van der Waals surface area contributed by atoms with Crippen LogP contribution in [0.3, 0.4) is 0 Å². The molecule has 0 bridgehead atoms. The molecule has 2 aromatic heterocycles. The first-order valence-corrected chi connectivity index (χ1v) is 12.5. The smallest absolute Gasteiger partial charge is 0.250 e. The maximum atomic E-state index is 14.1. The third-order valence-corrected chi connectivity index (χ3v) is 7.34. The van der Waals surface area contributed by atoms with Crippen molar-refractivity contribution in [3.63, 3.8) is 0 Å². The van der Waals surface area contributed by atoms with E-state index in [0.29, 0.717) is 25.9 Å². The SMILES string of the molecule is Cn1ccc([C@H]2CCNC[C@@H]2C(=O)N(Cc2cc(CCC#N)cc3cccnc23)C2CC2)cc1=O. The lowest BCUT2D eigenvalue weighted by atomic mass is 9.80. The zero-order valence-corrected chi connectivity index (χ0v) is 20.1. The number of rotatable bonds is 7. The van der Waals surface area contributed by atoms with Gasteiger partial charge in [-0.1, -0.05) is 12.1 Å². The normalized spacial score (nSPS) is 19.9. The Morgan fingerprint density at radius 3 is 2.89 bits per heavy atom. The summed E-state index contributed by atoms with van der Waals surface area (Å²) in [6, 6.07) is 14.3. The molecule has 7 nitrogen and oxygen atoms in total. The van der Waals surface area contributed by atoms with Gasteiger partial charge >= 0.3 is 0 Å². The number of aromatic nitrogens is 2. The number of nitriles is 1. The molecule has 0 spiro atoms. The molecule has 5 rings (SSSR count). The summed E-state index contributed by atoms with van der Waals surface area (Å²) >= 11 is 0. The van der Waals surface area contributed by atoms with E-state index < -0.39 is 0 Å². The number of pyridine rings is 2. The third-order valence-electron chi connectivity index (χ3n) is 7.34. The van der Waals surface area contributed by atoms with E-state index in [2.05, 4.69) is 28.5 Å². The number of carbonyl (C=O) groups excluding carboxylic acids is 1. The Labute approximate surface area is 205 Å². The maximum Gasteiger partial charge on any atom is 0.250 e. The van der Waals surface area contributed by atoms with E-state index in [1.165, 1.54) is 0 Å². The fraction of sp³-hybridized carbons (Fsp3) is 0.429. The fourth-order valence-electron chi connectivity index (χ4n) is 5.28. The molecule has 1 aliphatic carbocycles. The van der Waals surface area contributed by atoms with E-state index in [0.717, 1.165) is 53.4 Å². The summed E-state index contributed by atoms with van der Waals surface area (Å²) in [5, 5.41) is 13.5. The van der Waals surface area contributed by atoms with Gasteiger partial charge < -0.3 is 14.8 Å². The van der Waals surface area contributed by atoms with Gasteiger partial charge in [0, 0.05) is 56.4 Å². The van der Waals surface area contributed by atoms with E-state index in [4.69, 9.17) is 5.26 Å². The molecule has 2 atom stereocenters. The molecule has 3 aromatic rings. The minimum Gasteiger partial charge on any atom is -0.335 e. The van der Waals surface area contributed by atoms with Gasteiger partial charge in [-0.3, -0.25) is 14.6 Å². The fourth-order valence-corrected chi connectivity index (χ4v) is 5.28. The van der Waals surface area contributed by atoms with Crippen LogP contribution in [0.5, 0.6) is 0 Å². The summed E-state index contributed by atoms with van der Waals surface area (Å²) in [4.78, 5) is 33.0. The molecular formula is C28H31N5O2. The summed E-state index contributed by atoms with van der Waals surface area (Å²) in [5.41, 5.74) is 3.96. The Kier molecular flexibility index (Phi) is 6.65. The van der Waals surface area contributed by atoms with Crippen molar-refractivity contribution < 1.29 is 4.79 Å². The lowest BCUT2D eigenvalue weighted by Gasteiger charge is -2.36. The Balaban J connectivity index is 1.46.